The molecule has 0 aliphatic rings. The van der Waals surface area contributed by atoms with Gasteiger partial charge in [0, 0.05) is 13.1 Å². The van der Waals surface area contributed by atoms with Gasteiger partial charge in [-0.1, -0.05) is 13.0 Å². The van der Waals surface area contributed by atoms with Gasteiger partial charge in [0.1, 0.15) is 5.82 Å². The number of halogens is 2. The highest BCUT2D eigenvalue weighted by Gasteiger charge is 2.20. The molecule has 5 nitrogen and oxygen atoms in total. The summed E-state index contributed by atoms with van der Waals surface area (Å²) in [5, 5.41) is 4.22. The molecule has 0 saturated heterocycles. The smallest absolute Gasteiger partial charge is 0.233 e. The summed E-state index contributed by atoms with van der Waals surface area (Å²) in [7, 11) is 1.65. The molecule has 0 bridgehead atoms. The van der Waals surface area contributed by atoms with E-state index in [0.29, 0.717) is 16.0 Å². The van der Waals surface area contributed by atoms with Crippen LogP contribution in [0, 0.1) is 11.7 Å². The summed E-state index contributed by atoms with van der Waals surface area (Å²) in [6, 6.07) is 1.31. The highest BCUT2D eigenvalue weighted by molar-refractivity contribution is 9.10. The van der Waals surface area contributed by atoms with Gasteiger partial charge in [0.05, 0.1) is 35.9 Å². The lowest BCUT2D eigenvalue weighted by atomic mass is 10.1. The number of anilines is 1. The number of pyridine rings is 1. The molecule has 0 spiro atoms. The molecule has 0 radical (unpaired) electrons. The van der Waals surface area contributed by atoms with Crippen molar-refractivity contribution < 1.29 is 9.18 Å². The van der Waals surface area contributed by atoms with Gasteiger partial charge in [-0.3, -0.25) is 9.78 Å². The second-order valence-corrected chi connectivity index (χ2v) is 5.28. The monoisotopic (exact) mass is 352 g/mol. The maximum Gasteiger partial charge on any atom is 0.233 e. The average molecular weight is 353 g/mol. The molecule has 0 fully saturated rings. The first-order valence-electron chi connectivity index (χ1n) is 6.20. The molecule has 0 aromatic carbocycles. The van der Waals surface area contributed by atoms with E-state index in [0.717, 1.165) is 6.20 Å². The largest absolute Gasteiger partial charge is 0.311 e. The number of hydrogen-bond acceptors (Lipinski definition) is 3. The van der Waals surface area contributed by atoms with E-state index in [-0.39, 0.29) is 11.8 Å². The fraction of sp³-hybridized carbons (Fsp3) is 0.214. The van der Waals surface area contributed by atoms with E-state index < -0.39 is 5.82 Å². The van der Waals surface area contributed by atoms with Gasteiger partial charge in [-0.25, -0.2) is 9.07 Å². The van der Waals surface area contributed by atoms with Crippen LogP contribution in [-0.4, -0.2) is 27.7 Å². The molecule has 0 aliphatic heterocycles. The minimum atomic E-state index is -0.453. The summed E-state index contributed by atoms with van der Waals surface area (Å²) >= 11 is 3.31. The SMILES string of the molecule is C=CC(C)C(=O)N(C)c1cn(-c2cncc(F)c2)nc1Br. The summed E-state index contributed by atoms with van der Waals surface area (Å²) in [4.78, 5) is 17.4. The Bertz CT molecular complexity index is 685. The van der Waals surface area contributed by atoms with Crippen molar-refractivity contribution in [1.29, 1.82) is 0 Å². The zero-order valence-corrected chi connectivity index (χ0v) is 13.2. The predicted molar refractivity (Wildman–Crippen MR) is 81.8 cm³/mol. The first-order chi connectivity index (χ1) is 9.93. The van der Waals surface area contributed by atoms with Gasteiger partial charge in [-0.2, -0.15) is 5.10 Å². The Labute approximate surface area is 130 Å². The first kappa shape index (κ1) is 15.4. The fourth-order valence-corrected chi connectivity index (χ4v) is 2.29. The van der Waals surface area contributed by atoms with Crippen LogP contribution in [0.3, 0.4) is 0 Å². The normalized spacial score (nSPS) is 12.0. The topological polar surface area (TPSA) is 51.0 Å². The maximum absolute atomic E-state index is 13.2. The van der Waals surface area contributed by atoms with Gasteiger partial charge >= 0.3 is 0 Å². The molecule has 2 aromatic heterocycles. The van der Waals surface area contributed by atoms with Crippen molar-refractivity contribution in [2.24, 2.45) is 5.92 Å². The van der Waals surface area contributed by atoms with E-state index in [9.17, 15) is 9.18 Å². The molecule has 1 atom stereocenters. The van der Waals surface area contributed by atoms with E-state index in [1.165, 1.54) is 21.8 Å². The van der Waals surface area contributed by atoms with Crippen molar-refractivity contribution in [3.05, 3.63) is 47.7 Å². The lowest BCUT2D eigenvalue weighted by Gasteiger charge is -2.18. The molecule has 1 amide bonds. The van der Waals surface area contributed by atoms with Crippen LogP contribution >= 0.6 is 15.9 Å². The van der Waals surface area contributed by atoms with Gasteiger partial charge < -0.3 is 4.90 Å². The van der Waals surface area contributed by atoms with Crippen LogP contribution in [0.15, 0.2) is 41.9 Å². The number of carbonyl (C=O) groups is 1. The Balaban J connectivity index is 2.35. The first-order valence-corrected chi connectivity index (χ1v) is 6.99. The molecule has 7 heteroatoms. The summed E-state index contributed by atoms with van der Waals surface area (Å²) in [6.45, 7) is 5.38. The molecule has 2 aromatic rings. The van der Waals surface area contributed by atoms with Crippen LogP contribution in [0.4, 0.5) is 10.1 Å². The van der Waals surface area contributed by atoms with E-state index in [2.05, 4.69) is 32.6 Å². The van der Waals surface area contributed by atoms with E-state index in [1.54, 1.807) is 26.2 Å². The molecule has 2 heterocycles. The summed E-state index contributed by atoms with van der Waals surface area (Å²) in [6.07, 6.45) is 5.81. The zero-order chi connectivity index (χ0) is 15.6. The number of aromatic nitrogens is 3. The van der Waals surface area contributed by atoms with Crippen LogP contribution < -0.4 is 4.90 Å². The van der Waals surface area contributed by atoms with Gasteiger partial charge in [0.25, 0.3) is 0 Å². The Morgan fingerprint density at radius 3 is 2.90 bits per heavy atom. The Morgan fingerprint density at radius 2 is 2.29 bits per heavy atom. The van der Waals surface area contributed by atoms with Crippen LogP contribution in [0.1, 0.15) is 6.92 Å². The van der Waals surface area contributed by atoms with Crippen molar-refractivity contribution in [3.63, 3.8) is 0 Å². The van der Waals surface area contributed by atoms with Crippen molar-refractivity contribution in [2.75, 3.05) is 11.9 Å². The predicted octanol–water partition coefficient (Wildman–Crippen LogP) is 2.95. The van der Waals surface area contributed by atoms with Crippen LogP contribution in [0.2, 0.25) is 0 Å². The van der Waals surface area contributed by atoms with Gasteiger partial charge in [-0.15, -0.1) is 6.58 Å². The molecule has 0 saturated carbocycles. The summed E-state index contributed by atoms with van der Waals surface area (Å²) < 4.78 is 15.1. The van der Waals surface area contributed by atoms with Gasteiger partial charge in [0.15, 0.2) is 4.60 Å². The quantitative estimate of drug-likeness (QED) is 0.795. The minimum Gasteiger partial charge on any atom is -0.311 e. The number of amides is 1. The summed E-state index contributed by atoms with van der Waals surface area (Å²) in [5.74, 6) is -0.867. The molecule has 0 N–H and O–H groups in total. The molecule has 1 unspecified atom stereocenters. The van der Waals surface area contributed by atoms with Crippen LogP contribution in [0.25, 0.3) is 5.69 Å². The van der Waals surface area contributed by atoms with E-state index >= 15 is 0 Å². The number of hydrogen-bond donors (Lipinski definition) is 0. The number of carbonyl (C=O) groups excluding carboxylic acids is 1. The molecule has 2 rings (SSSR count). The second-order valence-electron chi connectivity index (χ2n) is 4.53. The third kappa shape index (κ3) is 3.18. The molecular formula is C14H14BrFN4O. The lowest BCUT2D eigenvalue weighted by molar-refractivity contribution is -0.120. The third-order valence-electron chi connectivity index (χ3n) is 3.04. The standard InChI is InChI=1S/C14H14BrFN4O/c1-4-9(2)14(21)19(3)12-8-20(18-13(12)15)11-5-10(16)6-17-7-11/h4-9H,1H2,2-3H3. The Kier molecular flexibility index (Phi) is 4.52. The fourth-order valence-electron chi connectivity index (χ4n) is 1.75. The van der Waals surface area contributed by atoms with E-state index in [1.807, 2.05) is 0 Å². The zero-order valence-electron chi connectivity index (χ0n) is 11.6. The van der Waals surface area contributed by atoms with E-state index in [4.69, 9.17) is 0 Å². The highest BCUT2D eigenvalue weighted by atomic mass is 79.9. The molecule has 0 aliphatic carbocycles. The highest BCUT2D eigenvalue weighted by Crippen LogP contribution is 2.26. The van der Waals surface area contributed by atoms with Crippen molar-refractivity contribution >= 4 is 27.5 Å². The van der Waals surface area contributed by atoms with Crippen molar-refractivity contribution in [3.8, 4) is 5.69 Å². The molecule has 110 valence electrons. The maximum atomic E-state index is 13.2. The Morgan fingerprint density at radius 1 is 1.57 bits per heavy atom. The average Bonchev–Trinajstić information content (AvgIpc) is 2.87. The molecular weight excluding hydrogens is 339 g/mol. The lowest BCUT2D eigenvalue weighted by Crippen LogP contribution is -2.30. The number of nitrogens with zero attached hydrogens (tertiary/aromatic N) is 4. The van der Waals surface area contributed by atoms with Crippen LogP contribution in [0.5, 0.6) is 0 Å². The number of rotatable bonds is 4. The summed E-state index contributed by atoms with van der Waals surface area (Å²) in [5.41, 5.74) is 1.05. The Hall–Kier alpha value is -2.02. The third-order valence-corrected chi connectivity index (χ3v) is 3.61. The van der Waals surface area contributed by atoms with Gasteiger partial charge in [-0.05, 0) is 15.9 Å². The molecule has 21 heavy (non-hydrogen) atoms. The van der Waals surface area contributed by atoms with Gasteiger partial charge in [0.2, 0.25) is 5.91 Å². The van der Waals surface area contributed by atoms with Crippen molar-refractivity contribution in [2.45, 2.75) is 6.92 Å². The second kappa shape index (κ2) is 6.17. The van der Waals surface area contributed by atoms with Crippen molar-refractivity contribution in [1.82, 2.24) is 14.8 Å². The minimum absolute atomic E-state index is 0.109. The van der Waals surface area contributed by atoms with Crippen LogP contribution in [-0.2, 0) is 4.79 Å².